The summed E-state index contributed by atoms with van der Waals surface area (Å²) in [4.78, 5) is 2.38. The summed E-state index contributed by atoms with van der Waals surface area (Å²) in [6, 6.07) is 21.4. The van der Waals surface area contributed by atoms with Crippen LogP contribution in [-0.2, 0) is 4.74 Å². The van der Waals surface area contributed by atoms with Crippen LogP contribution in [0.15, 0.2) is 78.4 Å². The molecule has 0 N–H and O–H groups in total. The Hall–Kier alpha value is -2.16. The summed E-state index contributed by atoms with van der Waals surface area (Å²) in [7, 11) is 3.98. The number of rotatable bonds is 7. The van der Waals surface area contributed by atoms with Crippen molar-refractivity contribution < 1.29 is 4.74 Å². The van der Waals surface area contributed by atoms with E-state index in [4.69, 9.17) is 4.74 Å². The molecule has 2 nitrogen and oxygen atoms in total. The van der Waals surface area contributed by atoms with Crippen molar-refractivity contribution >= 4 is 5.57 Å². The summed E-state index contributed by atoms with van der Waals surface area (Å²) >= 11 is 0. The zero-order chi connectivity index (χ0) is 17.6. The molecule has 0 spiro atoms. The summed E-state index contributed by atoms with van der Waals surface area (Å²) < 4.78 is 5.82. The maximum atomic E-state index is 5.82. The van der Waals surface area contributed by atoms with Crippen molar-refractivity contribution in [2.24, 2.45) is 0 Å². The molecule has 1 aliphatic carbocycles. The summed E-state index contributed by atoms with van der Waals surface area (Å²) in [6.45, 7) is 3.16. The smallest absolute Gasteiger partial charge is 0.0973 e. The fourth-order valence-electron chi connectivity index (χ4n) is 3.53. The number of benzene rings is 2. The van der Waals surface area contributed by atoms with Crippen LogP contribution in [0.25, 0.3) is 5.57 Å². The molecule has 0 amide bonds. The number of ether oxygens (including phenoxy) is 1. The number of allylic oxidation sites excluding steroid dienone is 2. The lowest BCUT2D eigenvalue weighted by atomic mass is 9.98. The third-order valence-corrected chi connectivity index (χ3v) is 5.05. The van der Waals surface area contributed by atoms with Crippen molar-refractivity contribution in [3.05, 3.63) is 89.5 Å². The Balaban J connectivity index is 1.71. The van der Waals surface area contributed by atoms with Crippen molar-refractivity contribution in [2.45, 2.75) is 25.5 Å². The van der Waals surface area contributed by atoms with Crippen LogP contribution in [0, 0.1) is 0 Å². The number of methoxy groups -OCH3 is 1. The molecular weight excluding hydrogens is 306 g/mol. The maximum absolute atomic E-state index is 5.82. The highest BCUT2D eigenvalue weighted by atomic mass is 16.5. The van der Waals surface area contributed by atoms with Crippen LogP contribution in [0.2, 0.25) is 0 Å². The van der Waals surface area contributed by atoms with Gasteiger partial charge in [0.05, 0.1) is 6.10 Å². The Bertz CT molecular complexity index is 733. The molecule has 25 heavy (non-hydrogen) atoms. The molecule has 0 radical (unpaired) electrons. The topological polar surface area (TPSA) is 12.5 Å². The van der Waals surface area contributed by atoms with Gasteiger partial charge < -0.3 is 4.74 Å². The van der Waals surface area contributed by atoms with Crippen LogP contribution in [0.3, 0.4) is 0 Å². The summed E-state index contributed by atoms with van der Waals surface area (Å²) in [5.41, 5.74) is 5.30. The van der Waals surface area contributed by atoms with Crippen molar-refractivity contribution in [2.75, 3.05) is 20.7 Å². The normalized spacial score (nSPS) is 16.5. The SMILES string of the molecule is CO[C@H](c1ccccc1)[C@H](C)N(C)CC1=CCC=C1c1ccccc1. The first kappa shape index (κ1) is 17.7. The van der Waals surface area contributed by atoms with E-state index in [0.717, 1.165) is 13.0 Å². The van der Waals surface area contributed by atoms with Crippen LogP contribution in [0.1, 0.15) is 30.6 Å². The lowest BCUT2D eigenvalue weighted by molar-refractivity contribution is 0.0335. The Morgan fingerprint density at radius 1 is 0.960 bits per heavy atom. The Morgan fingerprint density at radius 3 is 2.24 bits per heavy atom. The molecule has 0 saturated carbocycles. The Kier molecular flexibility index (Phi) is 5.85. The van der Waals surface area contributed by atoms with Crippen LogP contribution in [-0.4, -0.2) is 31.6 Å². The first-order valence-electron chi connectivity index (χ1n) is 8.93. The summed E-state index contributed by atoms with van der Waals surface area (Å²) in [5, 5.41) is 0. The minimum atomic E-state index is 0.0670. The fraction of sp³-hybridized carbons (Fsp3) is 0.304. The molecule has 0 heterocycles. The van der Waals surface area contributed by atoms with E-state index in [1.807, 2.05) is 6.07 Å². The van der Waals surface area contributed by atoms with Crippen molar-refractivity contribution in [3.63, 3.8) is 0 Å². The second-order valence-electron chi connectivity index (χ2n) is 6.67. The van der Waals surface area contributed by atoms with Gasteiger partial charge in [0.2, 0.25) is 0 Å². The largest absolute Gasteiger partial charge is 0.375 e. The second kappa shape index (κ2) is 8.28. The van der Waals surface area contributed by atoms with E-state index in [1.165, 1.54) is 22.3 Å². The average Bonchev–Trinajstić information content (AvgIpc) is 3.12. The van der Waals surface area contributed by atoms with E-state index >= 15 is 0 Å². The van der Waals surface area contributed by atoms with Crippen molar-refractivity contribution in [1.29, 1.82) is 0 Å². The van der Waals surface area contributed by atoms with E-state index in [-0.39, 0.29) is 12.1 Å². The van der Waals surface area contributed by atoms with Crippen LogP contribution >= 0.6 is 0 Å². The third-order valence-electron chi connectivity index (χ3n) is 5.05. The number of hydrogen-bond acceptors (Lipinski definition) is 2. The first-order chi connectivity index (χ1) is 12.2. The number of nitrogens with zero attached hydrogens (tertiary/aromatic N) is 1. The van der Waals surface area contributed by atoms with Gasteiger partial charge in [-0.15, -0.1) is 0 Å². The molecular formula is C23H27NO. The predicted molar refractivity (Wildman–Crippen MR) is 105 cm³/mol. The van der Waals surface area contributed by atoms with Gasteiger partial charge in [-0.3, -0.25) is 4.90 Å². The van der Waals surface area contributed by atoms with Gasteiger partial charge in [0, 0.05) is 19.7 Å². The number of hydrogen-bond donors (Lipinski definition) is 0. The van der Waals surface area contributed by atoms with E-state index in [2.05, 4.69) is 85.6 Å². The molecule has 0 saturated heterocycles. The summed E-state index contributed by atoms with van der Waals surface area (Å²) in [5.74, 6) is 0. The average molecular weight is 333 g/mol. The zero-order valence-corrected chi connectivity index (χ0v) is 15.4. The quantitative estimate of drug-likeness (QED) is 0.698. The van der Waals surface area contributed by atoms with Crippen molar-refractivity contribution in [3.8, 4) is 0 Å². The lowest BCUT2D eigenvalue weighted by Gasteiger charge is -2.32. The molecule has 0 aromatic heterocycles. The van der Waals surface area contributed by atoms with Gasteiger partial charge in [0.1, 0.15) is 0 Å². The van der Waals surface area contributed by atoms with Gasteiger partial charge in [-0.25, -0.2) is 0 Å². The van der Waals surface area contributed by atoms with E-state index < -0.39 is 0 Å². The van der Waals surface area contributed by atoms with Crippen LogP contribution < -0.4 is 0 Å². The molecule has 2 heteroatoms. The minimum Gasteiger partial charge on any atom is -0.375 e. The van der Waals surface area contributed by atoms with E-state index in [9.17, 15) is 0 Å². The lowest BCUT2D eigenvalue weighted by Crippen LogP contribution is -2.36. The van der Waals surface area contributed by atoms with Crippen LogP contribution in [0.5, 0.6) is 0 Å². The predicted octanol–water partition coefficient (Wildman–Crippen LogP) is 5.11. The number of likely N-dealkylation sites (N-methyl/N-ethyl adjacent to an activating group) is 1. The molecule has 0 bridgehead atoms. The first-order valence-corrected chi connectivity index (χ1v) is 8.93. The summed E-state index contributed by atoms with van der Waals surface area (Å²) in [6.07, 6.45) is 5.76. The van der Waals surface area contributed by atoms with Gasteiger partial charge >= 0.3 is 0 Å². The Morgan fingerprint density at radius 2 is 1.60 bits per heavy atom. The van der Waals surface area contributed by atoms with Gasteiger partial charge in [-0.1, -0.05) is 72.8 Å². The highest BCUT2D eigenvalue weighted by Gasteiger charge is 2.24. The standard InChI is InChI=1S/C23H27NO/c1-18(23(25-3)20-13-8-5-9-14-20)24(2)17-21-15-10-16-22(21)19-11-6-4-7-12-19/h4-9,11-16,18,23H,10,17H2,1-3H3/t18-,23-/m0/s1. The van der Waals surface area contributed by atoms with Gasteiger partial charge in [-0.2, -0.15) is 0 Å². The van der Waals surface area contributed by atoms with E-state index in [1.54, 1.807) is 7.11 Å². The molecule has 2 atom stereocenters. The molecule has 1 aliphatic rings. The molecule has 2 aromatic carbocycles. The molecule has 0 aliphatic heterocycles. The maximum Gasteiger partial charge on any atom is 0.0973 e. The van der Waals surface area contributed by atoms with Gasteiger partial charge in [-0.05, 0) is 42.7 Å². The fourth-order valence-corrected chi connectivity index (χ4v) is 3.53. The van der Waals surface area contributed by atoms with Crippen molar-refractivity contribution in [1.82, 2.24) is 4.90 Å². The zero-order valence-electron chi connectivity index (χ0n) is 15.4. The monoisotopic (exact) mass is 333 g/mol. The Labute approximate surface area is 151 Å². The van der Waals surface area contributed by atoms with E-state index in [0.29, 0.717) is 0 Å². The highest BCUT2D eigenvalue weighted by molar-refractivity contribution is 5.81. The molecule has 3 rings (SSSR count). The van der Waals surface area contributed by atoms with Gasteiger partial charge in [0.25, 0.3) is 0 Å². The van der Waals surface area contributed by atoms with Gasteiger partial charge in [0.15, 0.2) is 0 Å². The highest BCUT2D eigenvalue weighted by Crippen LogP contribution is 2.31. The molecule has 130 valence electrons. The van der Waals surface area contributed by atoms with Crippen LogP contribution in [0.4, 0.5) is 0 Å². The molecule has 0 unspecified atom stereocenters. The minimum absolute atomic E-state index is 0.0670. The third kappa shape index (κ3) is 4.09. The second-order valence-corrected chi connectivity index (χ2v) is 6.67. The molecule has 2 aromatic rings. The molecule has 0 fully saturated rings.